The Morgan fingerprint density at radius 3 is 2.63 bits per heavy atom. The third-order valence-corrected chi connectivity index (χ3v) is 4.94. The lowest BCUT2D eigenvalue weighted by atomic mass is 10.0. The van der Waals surface area contributed by atoms with Crippen LogP contribution in [0.5, 0.6) is 0 Å². The number of hydrogen-bond donors (Lipinski definition) is 1. The summed E-state index contributed by atoms with van der Waals surface area (Å²) < 4.78 is 0. The maximum Gasteiger partial charge on any atom is 0.273 e. The summed E-state index contributed by atoms with van der Waals surface area (Å²) in [7, 11) is 3.45. The Morgan fingerprint density at radius 1 is 1.22 bits per heavy atom. The number of carbonyl (C=O) groups is 1. The number of carbonyl (C=O) groups excluding carboxylic acids is 1. The van der Waals surface area contributed by atoms with Crippen LogP contribution in [0.15, 0.2) is 36.7 Å². The second-order valence-corrected chi connectivity index (χ2v) is 7.67. The highest BCUT2D eigenvalue weighted by Crippen LogP contribution is 2.22. The van der Waals surface area contributed by atoms with Crippen LogP contribution in [-0.4, -0.2) is 54.0 Å². The number of nitrogens with one attached hydrogen (secondary N) is 1. The van der Waals surface area contributed by atoms with Crippen LogP contribution in [-0.2, 0) is 0 Å². The number of hydrogen-bond acceptors (Lipinski definition) is 5. The first kappa shape index (κ1) is 19.1. The van der Waals surface area contributed by atoms with E-state index in [4.69, 9.17) is 0 Å². The molecule has 2 heterocycles. The van der Waals surface area contributed by atoms with Gasteiger partial charge in [-0.25, -0.2) is 4.98 Å². The van der Waals surface area contributed by atoms with Crippen LogP contribution in [0.4, 0.5) is 11.5 Å². The number of nitrogens with zero attached hydrogens (tertiary/aromatic N) is 4. The quantitative estimate of drug-likeness (QED) is 0.878. The smallest absolute Gasteiger partial charge is 0.273 e. The predicted molar refractivity (Wildman–Crippen MR) is 109 cm³/mol. The van der Waals surface area contributed by atoms with Crippen molar-refractivity contribution in [3.05, 3.63) is 47.9 Å². The molecule has 1 aliphatic rings. The van der Waals surface area contributed by atoms with E-state index in [1.54, 1.807) is 20.3 Å². The molecule has 0 aliphatic carbocycles. The summed E-state index contributed by atoms with van der Waals surface area (Å²) in [5, 5.41) is 3.64. The lowest BCUT2D eigenvalue weighted by Crippen LogP contribution is -2.42. The third kappa shape index (κ3) is 4.76. The number of rotatable bonds is 5. The van der Waals surface area contributed by atoms with Gasteiger partial charge in [-0.2, -0.15) is 0 Å². The van der Waals surface area contributed by atoms with Crippen molar-refractivity contribution in [2.45, 2.75) is 38.6 Å². The summed E-state index contributed by atoms with van der Waals surface area (Å²) >= 11 is 0. The van der Waals surface area contributed by atoms with E-state index in [9.17, 15) is 4.79 Å². The van der Waals surface area contributed by atoms with Gasteiger partial charge >= 0.3 is 0 Å². The standard InChI is InChI=1S/C21H29N5O/c1-15(2)16-7-9-17(10-8-16)23-18-6-5-11-26(14-18)20-13-22-12-19(24-20)21(27)25(3)4/h7-10,12-13,15,18,23H,5-6,11,14H2,1-4H3/t18-/m0/s1. The van der Waals surface area contributed by atoms with Crippen molar-refractivity contribution in [3.8, 4) is 0 Å². The number of anilines is 2. The highest BCUT2D eigenvalue weighted by Gasteiger charge is 2.22. The molecule has 1 fully saturated rings. The molecule has 0 unspecified atom stereocenters. The van der Waals surface area contributed by atoms with Gasteiger partial charge in [0, 0.05) is 38.9 Å². The molecule has 1 aromatic carbocycles. The summed E-state index contributed by atoms with van der Waals surface area (Å²) in [5.74, 6) is 1.19. The fourth-order valence-corrected chi connectivity index (χ4v) is 3.34. The van der Waals surface area contributed by atoms with E-state index in [2.05, 4.69) is 58.3 Å². The number of aromatic nitrogens is 2. The number of piperidine rings is 1. The Hall–Kier alpha value is -2.63. The molecule has 1 saturated heterocycles. The van der Waals surface area contributed by atoms with Crippen molar-refractivity contribution >= 4 is 17.4 Å². The Morgan fingerprint density at radius 2 is 1.96 bits per heavy atom. The molecule has 1 amide bonds. The van der Waals surface area contributed by atoms with Crippen molar-refractivity contribution in [1.82, 2.24) is 14.9 Å². The maximum atomic E-state index is 12.2. The molecule has 0 saturated carbocycles. The molecule has 1 aliphatic heterocycles. The van der Waals surface area contributed by atoms with Crippen molar-refractivity contribution in [3.63, 3.8) is 0 Å². The van der Waals surface area contributed by atoms with Crippen molar-refractivity contribution in [1.29, 1.82) is 0 Å². The van der Waals surface area contributed by atoms with Gasteiger partial charge in [0.25, 0.3) is 5.91 Å². The lowest BCUT2D eigenvalue weighted by molar-refractivity contribution is 0.0821. The van der Waals surface area contributed by atoms with E-state index < -0.39 is 0 Å². The van der Waals surface area contributed by atoms with Gasteiger partial charge in [-0.15, -0.1) is 0 Å². The molecule has 0 bridgehead atoms. The molecule has 1 N–H and O–H groups in total. The van der Waals surface area contributed by atoms with Crippen molar-refractivity contribution in [2.75, 3.05) is 37.4 Å². The Kier molecular flexibility index (Phi) is 5.94. The van der Waals surface area contributed by atoms with E-state index in [1.165, 1.54) is 16.7 Å². The summed E-state index contributed by atoms with van der Waals surface area (Å²) in [4.78, 5) is 24.6. The van der Waals surface area contributed by atoms with Crippen molar-refractivity contribution in [2.24, 2.45) is 0 Å². The molecule has 3 rings (SSSR count). The van der Waals surface area contributed by atoms with Crippen LogP contribution < -0.4 is 10.2 Å². The van der Waals surface area contributed by atoms with E-state index in [0.717, 1.165) is 37.4 Å². The Balaban J connectivity index is 1.67. The topological polar surface area (TPSA) is 61.4 Å². The molecule has 2 aromatic rings. The SMILES string of the molecule is CC(C)c1ccc(N[C@H]2CCCN(c3cncc(C(=O)N(C)C)n3)C2)cc1. The first-order valence-corrected chi connectivity index (χ1v) is 9.59. The fraction of sp³-hybridized carbons (Fsp3) is 0.476. The van der Waals surface area contributed by atoms with Crippen LogP contribution in [0.25, 0.3) is 0 Å². The minimum absolute atomic E-state index is 0.124. The highest BCUT2D eigenvalue weighted by molar-refractivity contribution is 5.91. The second-order valence-electron chi connectivity index (χ2n) is 7.67. The van der Waals surface area contributed by atoms with Crippen molar-refractivity contribution < 1.29 is 4.79 Å². The van der Waals surface area contributed by atoms with E-state index in [-0.39, 0.29) is 5.91 Å². The molecule has 6 heteroatoms. The van der Waals surface area contributed by atoms with Gasteiger partial charge in [-0.05, 0) is 36.5 Å². The van der Waals surface area contributed by atoms with Crippen LogP contribution in [0.3, 0.4) is 0 Å². The highest BCUT2D eigenvalue weighted by atomic mass is 16.2. The Bertz CT molecular complexity index is 772. The van der Waals surface area contributed by atoms with Gasteiger partial charge in [-0.3, -0.25) is 9.78 Å². The minimum atomic E-state index is -0.124. The van der Waals surface area contributed by atoms with E-state index >= 15 is 0 Å². The van der Waals surface area contributed by atoms with Gasteiger partial charge in [-0.1, -0.05) is 26.0 Å². The maximum absolute atomic E-state index is 12.2. The molecule has 27 heavy (non-hydrogen) atoms. The summed E-state index contributed by atoms with van der Waals surface area (Å²) in [6.45, 7) is 6.19. The largest absolute Gasteiger partial charge is 0.381 e. The monoisotopic (exact) mass is 367 g/mol. The average Bonchev–Trinajstić information content (AvgIpc) is 2.68. The zero-order chi connectivity index (χ0) is 19.4. The summed E-state index contributed by atoms with van der Waals surface area (Å²) in [5.41, 5.74) is 2.88. The minimum Gasteiger partial charge on any atom is -0.381 e. The molecule has 0 radical (unpaired) electrons. The van der Waals surface area contributed by atoms with Gasteiger partial charge in [0.05, 0.1) is 12.4 Å². The molecule has 1 atom stereocenters. The summed E-state index contributed by atoms with van der Waals surface area (Å²) in [6.07, 6.45) is 5.47. The fourth-order valence-electron chi connectivity index (χ4n) is 3.34. The predicted octanol–water partition coefficient (Wildman–Crippen LogP) is 3.38. The van der Waals surface area contributed by atoms with Crippen LogP contribution in [0, 0.1) is 0 Å². The van der Waals surface area contributed by atoms with Gasteiger partial charge < -0.3 is 15.1 Å². The Labute approximate surface area is 161 Å². The normalized spacial score (nSPS) is 17.1. The number of amides is 1. The molecule has 0 spiro atoms. The van der Waals surface area contributed by atoms with Gasteiger partial charge in [0.15, 0.2) is 0 Å². The molecule has 6 nitrogen and oxygen atoms in total. The second kappa shape index (κ2) is 8.37. The molecule has 144 valence electrons. The number of benzene rings is 1. The molecular weight excluding hydrogens is 338 g/mol. The first-order valence-electron chi connectivity index (χ1n) is 9.59. The van der Waals surface area contributed by atoms with Crippen LogP contribution >= 0.6 is 0 Å². The van der Waals surface area contributed by atoms with Gasteiger partial charge in [0.1, 0.15) is 11.5 Å². The van der Waals surface area contributed by atoms with E-state index in [1.807, 2.05) is 0 Å². The third-order valence-electron chi connectivity index (χ3n) is 4.94. The molecule has 1 aromatic heterocycles. The van der Waals surface area contributed by atoms with Crippen LogP contribution in [0.2, 0.25) is 0 Å². The van der Waals surface area contributed by atoms with Gasteiger partial charge in [0.2, 0.25) is 0 Å². The summed E-state index contributed by atoms with van der Waals surface area (Å²) in [6, 6.07) is 9.04. The van der Waals surface area contributed by atoms with E-state index in [0.29, 0.717) is 17.7 Å². The zero-order valence-corrected chi connectivity index (χ0v) is 16.6. The zero-order valence-electron chi connectivity index (χ0n) is 16.6. The average molecular weight is 367 g/mol. The lowest BCUT2D eigenvalue weighted by Gasteiger charge is -2.34. The molecular formula is C21H29N5O. The first-order chi connectivity index (χ1) is 12.9. The van der Waals surface area contributed by atoms with Crippen LogP contribution in [0.1, 0.15) is 48.7 Å².